The predicted octanol–water partition coefficient (Wildman–Crippen LogP) is 4.87. The molecule has 80 valence electrons. The van der Waals surface area contributed by atoms with Gasteiger partial charge in [0.1, 0.15) is 0 Å². The van der Waals surface area contributed by atoms with Gasteiger partial charge in [-0.3, -0.25) is 0 Å². The Labute approximate surface area is 89.1 Å². The molecule has 0 aromatic carbocycles. The van der Waals surface area contributed by atoms with Crippen LogP contribution in [0.15, 0.2) is 22.8 Å². The van der Waals surface area contributed by atoms with Crippen molar-refractivity contribution in [3.63, 3.8) is 0 Å². The molecule has 0 atom stereocenters. The van der Waals surface area contributed by atoms with E-state index in [1.54, 1.807) is 16.7 Å². The van der Waals surface area contributed by atoms with Crippen LogP contribution in [0.3, 0.4) is 0 Å². The summed E-state index contributed by atoms with van der Waals surface area (Å²) in [6.45, 7) is 11.5. The molecule has 1 aliphatic carbocycles. The first kappa shape index (κ1) is 11.6. The van der Waals surface area contributed by atoms with E-state index in [4.69, 9.17) is 0 Å². The van der Waals surface area contributed by atoms with Crippen molar-refractivity contribution in [1.29, 1.82) is 0 Å². The first-order chi connectivity index (χ1) is 6.38. The van der Waals surface area contributed by atoms with Gasteiger partial charge in [-0.05, 0) is 44.9 Å². The minimum Gasteiger partial charge on any atom is -0.0815 e. The van der Waals surface area contributed by atoms with Crippen molar-refractivity contribution in [2.24, 2.45) is 5.41 Å². The highest BCUT2D eigenvalue weighted by molar-refractivity contribution is 5.22. The fourth-order valence-electron chi connectivity index (χ4n) is 2.16. The molecule has 0 heterocycles. The summed E-state index contributed by atoms with van der Waals surface area (Å²) in [4.78, 5) is 0. The van der Waals surface area contributed by atoms with Gasteiger partial charge in [0.25, 0.3) is 0 Å². The molecule has 0 unspecified atom stereocenters. The lowest BCUT2D eigenvalue weighted by molar-refractivity contribution is 0.407. The van der Waals surface area contributed by atoms with Gasteiger partial charge in [0, 0.05) is 0 Å². The molecule has 0 nitrogen and oxygen atoms in total. The van der Waals surface area contributed by atoms with Crippen LogP contribution in [0.25, 0.3) is 0 Å². The van der Waals surface area contributed by atoms with E-state index in [9.17, 15) is 0 Å². The molecule has 14 heavy (non-hydrogen) atoms. The summed E-state index contributed by atoms with van der Waals surface area (Å²) < 4.78 is 0. The van der Waals surface area contributed by atoms with Crippen LogP contribution in [0.4, 0.5) is 0 Å². The van der Waals surface area contributed by atoms with Crippen LogP contribution in [0.1, 0.15) is 60.3 Å². The van der Waals surface area contributed by atoms with E-state index in [2.05, 4.69) is 40.7 Å². The van der Waals surface area contributed by atoms with Gasteiger partial charge in [-0.1, -0.05) is 43.6 Å². The Bertz CT molecular complexity index is 258. The second-order valence-electron chi connectivity index (χ2n) is 5.88. The van der Waals surface area contributed by atoms with Crippen molar-refractivity contribution in [3.8, 4) is 0 Å². The highest BCUT2D eigenvalue weighted by atomic mass is 14.2. The zero-order valence-electron chi connectivity index (χ0n) is 10.4. The van der Waals surface area contributed by atoms with Crippen LogP contribution in [0.2, 0.25) is 0 Å². The van der Waals surface area contributed by atoms with E-state index >= 15 is 0 Å². The standard InChI is InChI=1S/C14H24/c1-11-6-8-13(9-7-11)12(2)10-14(3,4)5/h6H,7-10H2,1-5H3/b13-12-. The van der Waals surface area contributed by atoms with Crippen molar-refractivity contribution >= 4 is 0 Å². The van der Waals surface area contributed by atoms with Crippen molar-refractivity contribution in [1.82, 2.24) is 0 Å². The van der Waals surface area contributed by atoms with Gasteiger partial charge in [-0.15, -0.1) is 0 Å². The van der Waals surface area contributed by atoms with E-state index in [0.717, 1.165) is 0 Å². The molecule has 0 saturated heterocycles. The number of hydrogen-bond donors (Lipinski definition) is 0. The van der Waals surface area contributed by atoms with E-state index in [0.29, 0.717) is 5.41 Å². The average molecular weight is 192 g/mol. The monoisotopic (exact) mass is 192 g/mol. The minimum atomic E-state index is 0.438. The topological polar surface area (TPSA) is 0 Å². The third-order valence-corrected chi connectivity index (χ3v) is 2.92. The summed E-state index contributed by atoms with van der Waals surface area (Å²) >= 11 is 0. The fraction of sp³-hybridized carbons (Fsp3) is 0.714. The quantitative estimate of drug-likeness (QED) is 0.520. The second-order valence-corrected chi connectivity index (χ2v) is 5.88. The summed E-state index contributed by atoms with van der Waals surface area (Å²) in [5.74, 6) is 0. The summed E-state index contributed by atoms with van der Waals surface area (Å²) in [5.41, 5.74) is 5.32. The molecule has 1 rings (SSSR count). The lowest BCUT2D eigenvalue weighted by Crippen LogP contribution is -2.07. The Balaban J connectivity index is 2.66. The molecule has 0 aromatic heterocycles. The van der Waals surface area contributed by atoms with Crippen LogP contribution in [-0.2, 0) is 0 Å². The van der Waals surface area contributed by atoms with E-state index in [-0.39, 0.29) is 0 Å². The van der Waals surface area contributed by atoms with Crippen LogP contribution in [0.5, 0.6) is 0 Å². The van der Waals surface area contributed by atoms with E-state index < -0.39 is 0 Å². The average Bonchev–Trinajstić information content (AvgIpc) is 2.02. The molecule has 0 heteroatoms. The van der Waals surface area contributed by atoms with Gasteiger partial charge in [-0.2, -0.15) is 0 Å². The third-order valence-electron chi connectivity index (χ3n) is 2.92. The molecule has 0 aliphatic heterocycles. The van der Waals surface area contributed by atoms with Crippen LogP contribution < -0.4 is 0 Å². The molecule has 0 amide bonds. The maximum absolute atomic E-state index is 2.39. The first-order valence-corrected chi connectivity index (χ1v) is 5.71. The van der Waals surface area contributed by atoms with Gasteiger partial charge in [-0.25, -0.2) is 0 Å². The maximum Gasteiger partial charge on any atom is -0.0134 e. The molecular weight excluding hydrogens is 168 g/mol. The highest BCUT2D eigenvalue weighted by Gasteiger charge is 2.14. The number of hydrogen-bond acceptors (Lipinski definition) is 0. The van der Waals surface area contributed by atoms with Crippen LogP contribution >= 0.6 is 0 Å². The molecule has 1 aliphatic rings. The summed E-state index contributed by atoms with van der Waals surface area (Å²) in [7, 11) is 0. The smallest absolute Gasteiger partial charge is 0.0134 e. The van der Waals surface area contributed by atoms with E-state index in [1.807, 2.05) is 0 Å². The third kappa shape index (κ3) is 3.69. The van der Waals surface area contributed by atoms with Crippen molar-refractivity contribution in [3.05, 3.63) is 22.8 Å². The Hall–Kier alpha value is -0.520. The van der Waals surface area contributed by atoms with Crippen molar-refractivity contribution in [2.75, 3.05) is 0 Å². The zero-order chi connectivity index (χ0) is 10.8. The van der Waals surface area contributed by atoms with Gasteiger partial charge in [0.05, 0.1) is 0 Å². The lowest BCUT2D eigenvalue weighted by atomic mass is 9.83. The minimum absolute atomic E-state index is 0.438. The normalized spacial score (nSPS) is 21.9. The zero-order valence-corrected chi connectivity index (χ0v) is 10.4. The Morgan fingerprint density at radius 1 is 1.29 bits per heavy atom. The van der Waals surface area contributed by atoms with E-state index in [1.165, 1.54) is 25.7 Å². The van der Waals surface area contributed by atoms with Crippen LogP contribution in [-0.4, -0.2) is 0 Å². The maximum atomic E-state index is 2.39. The number of allylic oxidation sites excluding steroid dienone is 4. The summed E-state index contributed by atoms with van der Waals surface area (Å²) in [5, 5.41) is 0. The molecule has 0 spiro atoms. The summed E-state index contributed by atoms with van der Waals surface area (Å²) in [6.07, 6.45) is 7.41. The molecule has 0 N–H and O–H groups in total. The Kier molecular flexibility index (Phi) is 3.58. The highest BCUT2D eigenvalue weighted by Crippen LogP contribution is 2.31. The molecule has 0 fully saturated rings. The first-order valence-electron chi connectivity index (χ1n) is 5.71. The Morgan fingerprint density at radius 3 is 2.36 bits per heavy atom. The van der Waals surface area contributed by atoms with Crippen molar-refractivity contribution < 1.29 is 0 Å². The Morgan fingerprint density at radius 2 is 1.93 bits per heavy atom. The molecule has 0 saturated carbocycles. The molecule has 0 bridgehead atoms. The second kappa shape index (κ2) is 4.33. The predicted molar refractivity (Wildman–Crippen MR) is 64.4 cm³/mol. The lowest BCUT2D eigenvalue weighted by Gasteiger charge is -2.22. The molecule has 0 radical (unpaired) electrons. The van der Waals surface area contributed by atoms with Gasteiger partial charge in [0.2, 0.25) is 0 Å². The largest absolute Gasteiger partial charge is 0.0815 e. The molecule has 0 aromatic rings. The van der Waals surface area contributed by atoms with Gasteiger partial charge >= 0.3 is 0 Å². The van der Waals surface area contributed by atoms with Gasteiger partial charge < -0.3 is 0 Å². The molecular formula is C14H24. The summed E-state index contributed by atoms with van der Waals surface area (Å²) in [6, 6.07) is 0. The SMILES string of the molecule is CC1=CC/C(=C(\C)CC(C)(C)C)CC1. The van der Waals surface area contributed by atoms with Gasteiger partial charge in [0.15, 0.2) is 0 Å². The van der Waals surface area contributed by atoms with Crippen molar-refractivity contribution in [2.45, 2.75) is 60.3 Å². The van der Waals surface area contributed by atoms with Crippen LogP contribution in [0, 0.1) is 5.41 Å². The fourth-order valence-corrected chi connectivity index (χ4v) is 2.16. The number of rotatable bonds is 1.